The number of fused-ring (bicyclic) bond motifs is 1. The Morgan fingerprint density at radius 3 is 2.67 bits per heavy atom. The first-order valence-corrected chi connectivity index (χ1v) is 10.3. The van der Waals surface area contributed by atoms with Crippen molar-refractivity contribution in [2.45, 2.75) is 31.0 Å². The highest BCUT2D eigenvalue weighted by Crippen LogP contribution is 2.38. The molecule has 5 rings (SSSR count). The topological polar surface area (TPSA) is 56.1 Å². The highest BCUT2D eigenvalue weighted by molar-refractivity contribution is 5.86. The van der Waals surface area contributed by atoms with Crippen LogP contribution in [-0.2, 0) is 9.53 Å². The fraction of sp³-hybridized carbons (Fsp3) is 0.391. The molecule has 0 N–H and O–H groups in total. The summed E-state index contributed by atoms with van der Waals surface area (Å²) < 4.78 is 27.7. The van der Waals surface area contributed by atoms with E-state index in [1.165, 1.54) is 0 Å². The van der Waals surface area contributed by atoms with Gasteiger partial charge in [0.05, 0.1) is 37.8 Å². The minimum absolute atomic E-state index is 0.329. The zero-order chi connectivity index (χ0) is 20.7. The number of pyridine rings is 1. The number of amides is 1. The van der Waals surface area contributed by atoms with Gasteiger partial charge in [-0.15, -0.1) is 0 Å². The lowest BCUT2D eigenvalue weighted by Gasteiger charge is -2.40. The van der Waals surface area contributed by atoms with Crippen LogP contribution in [0, 0.1) is 0 Å². The van der Waals surface area contributed by atoms with E-state index in [1.807, 2.05) is 47.0 Å². The van der Waals surface area contributed by atoms with Gasteiger partial charge in [-0.2, -0.15) is 0 Å². The number of carbonyl (C=O) groups excluding carboxylic acids is 1. The van der Waals surface area contributed by atoms with Crippen LogP contribution >= 0.6 is 0 Å². The zero-order valence-corrected chi connectivity index (χ0v) is 16.9. The SMILES string of the molecule is COc1ccc(-c2ccc3c([C@H]4CN(C(=O)C5(F)CCC5)CCO4)ncn3c2)cc1. The maximum Gasteiger partial charge on any atom is 0.260 e. The number of halogens is 1. The molecule has 3 heterocycles. The highest BCUT2D eigenvalue weighted by Gasteiger charge is 2.47. The van der Waals surface area contributed by atoms with Gasteiger partial charge in [0.1, 0.15) is 11.9 Å². The first-order chi connectivity index (χ1) is 14.6. The van der Waals surface area contributed by atoms with Crippen molar-refractivity contribution in [1.29, 1.82) is 0 Å². The summed E-state index contributed by atoms with van der Waals surface area (Å²) >= 11 is 0. The minimum atomic E-state index is -1.68. The van der Waals surface area contributed by atoms with Crippen molar-refractivity contribution in [3.63, 3.8) is 0 Å². The molecule has 156 valence electrons. The van der Waals surface area contributed by atoms with E-state index < -0.39 is 11.6 Å². The van der Waals surface area contributed by atoms with Gasteiger partial charge < -0.3 is 18.8 Å². The van der Waals surface area contributed by atoms with Crippen molar-refractivity contribution in [3.05, 3.63) is 54.6 Å². The number of hydrogen-bond acceptors (Lipinski definition) is 4. The van der Waals surface area contributed by atoms with Crippen LogP contribution in [0.25, 0.3) is 16.6 Å². The van der Waals surface area contributed by atoms with Crippen LogP contribution in [0.15, 0.2) is 48.9 Å². The molecule has 7 heteroatoms. The Morgan fingerprint density at radius 2 is 1.97 bits per heavy atom. The molecule has 1 amide bonds. The van der Waals surface area contributed by atoms with E-state index in [4.69, 9.17) is 9.47 Å². The van der Waals surface area contributed by atoms with E-state index in [0.717, 1.165) is 34.5 Å². The molecular formula is C23H24FN3O3. The molecule has 30 heavy (non-hydrogen) atoms. The molecule has 1 aliphatic heterocycles. The second-order valence-electron chi connectivity index (χ2n) is 8.00. The van der Waals surface area contributed by atoms with Gasteiger partial charge in [-0.05, 0) is 48.6 Å². The highest BCUT2D eigenvalue weighted by atomic mass is 19.1. The van der Waals surface area contributed by atoms with Gasteiger partial charge in [0.15, 0.2) is 5.67 Å². The summed E-state index contributed by atoms with van der Waals surface area (Å²) in [7, 11) is 1.65. The van der Waals surface area contributed by atoms with Gasteiger partial charge in [0.2, 0.25) is 0 Å². The van der Waals surface area contributed by atoms with Gasteiger partial charge in [-0.25, -0.2) is 9.37 Å². The van der Waals surface area contributed by atoms with Crippen molar-refractivity contribution in [1.82, 2.24) is 14.3 Å². The van der Waals surface area contributed by atoms with E-state index >= 15 is 0 Å². The van der Waals surface area contributed by atoms with Crippen LogP contribution in [0.4, 0.5) is 4.39 Å². The molecule has 1 aliphatic carbocycles. The number of carbonyl (C=O) groups is 1. The van der Waals surface area contributed by atoms with Crippen LogP contribution in [0.3, 0.4) is 0 Å². The number of aromatic nitrogens is 2. The summed E-state index contributed by atoms with van der Waals surface area (Å²) in [6.07, 6.45) is 4.85. The Morgan fingerprint density at radius 1 is 1.20 bits per heavy atom. The fourth-order valence-electron chi connectivity index (χ4n) is 4.21. The van der Waals surface area contributed by atoms with Crippen LogP contribution < -0.4 is 4.74 Å². The first kappa shape index (κ1) is 19.1. The van der Waals surface area contributed by atoms with Gasteiger partial charge >= 0.3 is 0 Å². The Labute approximate surface area is 174 Å². The molecule has 1 saturated carbocycles. The molecule has 0 radical (unpaired) electrons. The molecule has 0 spiro atoms. The average molecular weight is 409 g/mol. The van der Waals surface area contributed by atoms with Crippen molar-refractivity contribution < 1.29 is 18.7 Å². The van der Waals surface area contributed by atoms with E-state index in [0.29, 0.717) is 32.5 Å². The molecule has 2 aromatic heterocycles. The van der Waals surface area contributed by atoms with Crippen molar-refractivity contribution in [2.75, 3.05) is 26.8 Å². The normalized spacial score (nSPS) is 20.7. The molecule has 6 nitrogen and oxygen atoms in total. The third-order valence-corrected chi connectivity index (χ3v) is 6.17. The maximum absolute atomic E-state index is 14.6. The first-order valence-electron chi connectivity index (χ1n) is 10.3. The summed E-state index contributed by atoms with van der Waals surface area (Å²) in [5.74, 6) is 0.419. The number of imidazole rings is 1. The van der Waals surface area contributed by atoms with Gasteiger partial charge in [-0.1, -0.05) is 18.2 Å². The lowest BCUT2D eigenvalue weighted by atomic mass is 9.81. The van der Waals surface area contributed by atoms with Crippen LogP contribution in [0.1, 0.15) is 31.1 Å². The van der Waals surface area contributed by atoms with E-state index in [9.17, 15) is 9.18 Å². The van der Waals surface area contributed by atoms with Crippen LogP contribution in [0.2, 0.25) is 0 Å². The van der Waals surface area contributed by atoms with Crippen LogP contribution in [0.5, 0.6) is 5.75 Å². The Hall–Kier alpha value is -2.93. The monoisotopic (exact) mass is 409 g/mol. The molecule has 0 bridgehead atoms. The molecule has 3 aromatic rings. The molecular weight excluding hydrogens is 385 g/mol. The summed E-state index contributed by atoms with van der Waals surface area (Å²) in [5, 5.41) is 0. The summed E-state index contributed by atoms with van der Waals surface area (Å²) in [6.45, 7) is 1.14. The third-order valence-electron chi connectivity index (χ3n) is 6.17. The van der Waals surface area contributed by atoms with Crippen LogP contribution in [-0.4, -0.2) is 52.7 Å². The van der Waals surface area contributed by atoms with E-state index in [2.05, 4.69) is 4.98 Å². The number of ether oxygens (including phenoxy) is 2. The summed E-state index contributed by atoms with van der Waals surface area (Å²) in [6, 6.07) is 11.9. The van der Waals surface area contributed by atoms with Gasteiger partial charge in [0, 0.05) is 12.7 Å². The number of benzene rings is 1. The van der Waals surface area contributed by atoms with Crippen molar-refractivity contribution >= 4 is 11.4 Å². The predicted molar refractivity (Wildman–Crippen MR) is 110 cm³/mol. The largest absolute Gasteiger partial charge is 0.497 e. The smallest absolute Gasteiger partial charge is 0.260 e. The van der Waals surface area contributed by atoms with Crippen molar-refractivity contribution in [3.8, 4) is 16.9 Å². The van der Waals surface area contributed by atoms with E-state index in [-0.39, 0.29) is 6.10 Å². The number of methoxy groups -OCH3 is 1. The second-order valence-corrected chi connectivity index (χ2v) is 8.00. The van der Waals surface area contributed by atoms with E-state index in [1.54, 1.807) is 18.3 Å². The lowest BCUT2D eigenvalue weighted by Crippen LogP contribution is -2.53. The minimum Gasteiger partial charge on any atom is -0.497 e. The van der Waals surface area contributed by atoms with Gasteiger partial charge in [0.25, 0.3) is 5.91 Å². The maximum atomic E-state index is 14.6. The number of alkyl halides is 1. The lowest BCUT2D eigenvalue weighted by molar-refractivity contribution is -0.157. The summed E-state index contributed by atoms with van der Waals surface area (Å²) in [4.78, 5) is 18.7. The zero-order valence-electron chi connectivity index (χ0n) is 16.9. The average Bonchev–Trinajstić information content (AvgIpc) is 3.20. The Bertz CT molecular complexity index is 1070. The quantitative estimate of drug-likeness (QED) is 0.658. The molecule has 1 saturated heterocycles. The summed E-state index contributed by atoms with van der Waals surface area (Å²) in [5.41, 5.74) is 2.15. The Balaban J connectivity index is 1.38. The Kier molecular flexibility index (Phi) is 4.70. The molecule has 2 fully saturated rings. The fourth-order valence-corrected chi connectivity index (χ4v) is 4.21. The number of nitrogens with zero attached hydrogens (tertiary/aromatic N) is 3. The number of morpholine rings is 1. The molecule has 1 aromatic carbocycles. The number of rotatable bonds is 4. The third kappa shape index (κ3) is 3.23. The van der Waals surface area contributed by atoms with Crippen molar-refractivity contribution in [2.24, 2.45) is 0 Å². The molecule has 0 unspecified atom stereocenters. The predicted octanol–water partition coefficient (Wildman–Crippen LogP) is 3.80. The standard InChI is InChI=1S/C23H24FN3O3/c1-29-18-6-3-16(4-7-18)17-5-8-19-21(25-15-27(19)13-17)20-14-26(11-12-30-20)22(28)23(24)9-2-10-23/h3-8,13,15,20H,2,9-12,14H2,1H3/t20-/m1/s1. The van der Waals surface area contributed by atoms with Gasteiger partial charge in [-0.3, -0.25) is 4.79 Å². The molecule has 1 atom stereocenters. The molecule has 2 aliphatic rings. The second kappa shape index (κ2) is 7.40. The number of hydrogen-bond donors (Lipinski definition) is 0.